The Balaban J connectivity index is 2.00. The van der Waals surface area contributed by atoms with Gasteiger partial charge in [0.05, 0.1) is 0 Å². The monoisotopic (exact) mass is 209 g/mol. The molecule has 0 bridgehead atoms. The maximum absolute atomic E-state index is 11.9. The third kappa shape index (κ3) is 2.16. The van der Waals surface area contributed by atoms with Crippen LogP contribution in [0.1, 0.15) is 42.6 Å². The maximum atomic E-state index is 11.9. The summed E-state index contributed by atoms with van der Waals surface area (Å²) in [6.45, 7) is 0. The van der Waals surface area contributed by atoms with E-state index in [0.717, 1.165) is 12.8 Å². The molecule has 0 spiro atoms. The topological polar surface area (TPSA) is 59.2 Å². The lowest BCUT2D eigenvalue weighted by Crippen LogP contribution is -2.38. The van der Waals surface area contributed by atoms with Crippen LogP contribution in [0.4, 0.5) is 0 Å². The number of hydrogen-bond donors (Lipinski definition) is 0. The lowest BCUT2D eigenvalue weighted by molar-refractivity contribution is 0.0685. The molecular weight excluding hydrogens is 194 g/mol. The SMILES string of the molecule is CN(C(=O)c1cnon1)C1CCCCC1. The van der Waals surface area contributed by atoms with E-state index in [1.807, 2.05) is 7.05 Å². The fourth-order valence-corrected chi connectivity index (χ4v) is 2.07. The molecule has 0 atom stereocenters. The van der Waals surface area contributed by atoms with Crippen molar-refractivity contribution in [3.8, 4) is 0 Å². The standard InChI is InChI=1S/C10H15N3O2/c1-13(8-5-3-2-4-6-8)10(14)9-7-11-15-12-9/h7-8H,2-6H2,1H3. The van der Waals surface area contributed by atoms with Gasteiger partial charge in [-0.3, -0.25) is 4.79 Å². The minimum atomic E-state index is -0.0943. The van der Waals surface area contributed by atoms with E-state index in [4.69, 9.17) is 0 Å². The molecule has 2 rings (SSSR count). The minimum Gasteiger partial charge on any atom is -0.337 e. The average molecular weight is 209 g/mol. The first-order chi connectivity index (χ1) is 7.29. The summed E-state index contributed by atoms with van der Waals surface area (Å²) in [4.78, 5) is 13.6. The highest BCUT2D eigenvalue weighted by molar-refractivity contribution is 5.91. The Morgan fingerprint density at radius 3 is 2.80 bits per heavy atom. The zero-order chi connectivity index (χ0) is 10.7. The third-order valence-electron chi connectivity index (χ3n) is 3.02. The van der Waals surface area contributed by atoms with Gasteiger partial charge < -0.3 is 4.90 Å². The summed E-state index contributed by atoms with van der Waals surface area (Å²) >= 11 is 0. The number of carbonyl (C=O) groups excluding carboxylic acids is 1. The van der Waals surface area contributed by atoms with Crippen LogP contribution in [0.5, 0.6) is 0 Å². The van der Waals surface area contributed by atoms with E-state index in [9.17, 15) is 4.79 Å². The molecule has 0 unspecified atom stereocenters. The Morgan fingerprint density at radius 2 is 2.20 bits per heavy atom. The molecule has 0 radical (unpaired) electrons. The van der Waals surface area contributed by atoms with Crippen molar-refractivity contribution in [2.45, 2.75) is 38.1 Å². The second-order valence-electron chi connectivity index (χ2n) is 4.00. The molecule has 5 heteroatoms. The highest BCUT2D eigenvalue weighted by Crippen LogP contribution is 2.22. The van der Waals surface area contributed by atoms with Crippen LogP contribution >= 0.6 is 0 Å². The van der Waals surface area contributed by atoms with Crippen LogP contribution in [0.15, 0.2) is 10.8 Å². The molecule has 1 aliphatic carbocycles. The number of nitrogens with zero attached hydrogens (tertiary/aromatic N) is 3. The zero-order valence-corrected chi connectivity index (χ0v) is 8.85. The van der Waals surface area contributed by atoms with E-state index in [-0.39, 0.29) is 5.91 Å². The first-order valence-electron chi connectivity index (χ1n) is 5.34. The predicted octanol–water partition coefficient (Wildman–Crippen LogP) is 1.47. The number of rotatable bonds is 2. The Kier molecular flexibility index (Phi) is 2.99. The Morgan fingerprint density at radius 1 is 1.47 bits per heavy atom. The van der Waals surface area contributed by atoms with Crippen LogP contribution in [0.3, 0.4) is 0 Å². The number of carbonyl (C=O) groups is 1. The molecule has 1 aromatic heterocycles. The van der Waals surface area contributed by atoms with Crippen molar-refractivity contribution >= 4 is 5.91 Å². The van der Waals surface area contributed by atoms with Gasteiger partial charge in [0.15, 0.2) is 5.69 Å². The van der Waals surface area contributed by atoms with Gasteiger partial charge in [-0.1, -0.05) is 24.4 Å². The van der Waals surface area contributed by atoms with Crippen LogP contribution in [0.2, 0.25) is 0 Å². The van der Waals surface area contributed by atoms with E-state index in [2.05, 4.69) is 14.9 Å². The zero-order valence-electron chi connectivity index (χ0n) is 8.85. The highest BCUT2D eigenvalue weighted by atomic mass is 16.6. The molecule has 5 nitrogen and oxygen atoms in total. The van der Waals surface area contributed by atoms with Gasteiger partial charge in [0.1, 0.15) is 6.20 Å². The first kappa shape index (κ1) is 10.1. The van der Waals surface area contributed by atoms with Gasteiger partial charge >= 0.3 is 0 Å². The molecule has 1 aromatic rings. The van der Waals surface area contributed by atoms with Crippen LogP contribution in [0, 0.1) is 0 Å². The molecule has 0 saturated heterocycles. The van der Waals surface area contributed by atoms with Crippen molar-refractivity contribution < 1.29 is 9.42 Å². The number of hydrogen-bond acceptors (Lipinski definition) is 4. The molecule has 1 fully saturated rings. The quantitative estimate of drug-likeness (QED) is 0.740. The van der Waals surface area contributed by atoms with Gasteiger partial charge in [0, 0.05) is 13.1 Å². The van der Waals surface area contributed by atoms with Crippen molar-refractivity contribution in [3.63, 3.8) is 0 Å². The Hall–Kier alpha value is -1.39. The van der Waals surface area contributed by atoms with Gasteiger partial charge in [-0.05, 0) is 18.0 Å². The summed E-state index contributed by atoms with van der Waals surface area (Å²) in [6.07, 6.45) is 7.24. The second kappa shape index (κ2) is 4.42. The molecule has 1 saturated carbocycles. The van der Waals surface area contributed by atoms with Crippen LogP contribution < -0.4 is 0 Å². The summed E-state index contributed by atoms with van der Waals surface area (Å²) in [5.41, 5.74) is 0.295. The molecule has 1 aliphatic rings. The molecular formula is C10H15N3O2. The summed E-state index contributed by atoms with van der Waals surface area (Å²) in [7, 11) is 1.83. The molecule has 0 N–H and O–H groups in total. The molecule has 0 aliphatic heterocycles. The van der Waals surface area contributed by atoms with E-state index in [1.54, 1.807) is 4.90 Å². The molecule has 0 aromatic carbocycles. The third-order valence-corrected chi connectivity index (χ3v) is 3.02. The summed E-state index contributed by atoms with van der Waals surface area (Å²) in [5.74, 6) is -0.0943. The van der Waals surface area contributed by atoms with Crippen molar-refractivity contribution in [1.29, 1.82) is 0 Å². The fourth-order valence-electron chi connectivity index (χ4n) is 2.07. The molecule has 82 valence electrons. The lowest BCUT2D eigenvalue weighted by atomic mass is 9.94. The van der Waals surface area contributed by atoms with Crippen LogP contribution in [-0.4, -0.2) is 34.2 Å². The Labute approximate surface area is 88.4 Å². The lowest BCUT2D eigenvalue weighted by Gasteiger charge is -2.30. The van der Waals surface area contributed by atoms with Crippen molar-refractivity contribution in [3.05, 3.63) is 11.9 Å². The predicted molar refractivity (Wildman–Crippen MR) is 53.3 cm³/mol. The summed E-state index contributed by atoms with van der Waals surface area (Å²) in [6, 6.07) is 0.350. The number of amides is 1. The van der Waals surface area contributed by atoms with Crippen molar-refractivity contribution in [2.75, 3.05) is 7.05 Å². The van der Waals surface area contributed by atoms with Gasteiger partial charge in [0.25, 0.3) is 5.91 Å². The number of aromatic nitrogens is 2. The average Bonchev–Trinajstić information content (AvgIpc) is 2.82. The van der Waals surface area contributed by atoms with Gasteiger partial charge in [-0.2, -0.15) is 0 Å². The molecule has 1 heterocycles. The molecule has 15 heavy (non-hydrogen) atoms. The largest absolute Gasteiger partial charge is 0.337 e. The normalized spacial score (nSPS) is 17.7. The van der Waals surface area contributed by atoms with Crippen LogP contribution in [0.25, 0.3) is 0 Å². The van der Waals surface area contributed by atoms with Crippen molar-refractivity contribution in [1.82, 2.24) is 15.2 Å². The van der Waals surface area contributed by atoms with Crippen molar-refractivity contribution in [2.24, 2.45) is 0 Å². The highest BCUT2D eigenvalue weighted by Gasteiger charge is 2.24. The Bertz CT molecular complexity index is 317. The smallest absolute Gasteiger partial charge is 0.277 e. The van der Waals surface area contributed by atoms with E-state index in [1.165, 1.54) is 25.5 Å². The molecule has 1 amide bonds. The van der Waals surface area contributed by atoms with Gasteiger partial charge in [-0.15, -0.1) is 0 Å². The van der Waals surface area contributed by atoms with E-state index >= 15 is 0 Å². The fraction of sp³-hybridized carbons (Fsp3) is 0.700. The summed E-state index contributed by atoms with van der Waals surface area (Å²) in [5, 5.41) is 6.99. The second-order valence-corrected chi connectivity index (χ2v) is 4.00. The van der Waals surface area contributed by atoms with E-state index < -0.39 is 0 Å². The van der Waals surface area contributed by atoms with Crippen LogP contribution in [-0.2, 0) is 0 Å². The summed E-state index contributed by atoms with van der Waals surface area (Å²) < 4.78 is 4.43. The first-order valence-corrected chi connectivity index (χ1v) is 5.34. The minimum absolute atomic E-state index is 0.0943. The maximum Gasteiger partial charge on any atom is 0.277 e. The van der Waals surface area contributed by atoms with E-state index in [0.29, 0.717) is 11.7 Å². The van der Waals surface area contributed by atoms with Gasteiger partial charge in [0.2, 0.25) is 0 Å². The van der Waals surface area contributed by atoms with Gasteiger partial charge in [-0.25, -0.2) is 4.63 Å².